The number of carbonyl (C=O) groups is 1. The number of unbranched alkanes of at least 4 members (excludes halogenated alkanes) is 15. The lowest BCUT2D eigenvalue weighted by Gasteiger charge is -2.30. The summed E-state index contributed by atoms with van der Waals surface area (Å²) in [4.78, 5) is 14.2. The highest BCUT2D eigenvalue weighted by Crippen LogP contribution is 2.42. The Kier molecular flexibility index (Phi) is 16.0. The Morgan fingerprint density at radius 3 is 1.30 bits per heavy atom. The molecule has 0 heterocycles. The second kappa shape index (κ2) is 17.4. The molecule has 0 bridgehead atoms. The Morgan fingerprint density at radius 1 is 0.676 bits per heavy atom. The van der Waals surface area contributed by atoms with Crippen LogP contribution >= 0.6 is 12.6 Å². The number of phenols is 1. The zero-order chi connectivity index (χ0) is 27.9. The molecule has 1 rings (SSSR count). The van der Waals surface area contributed by atoms with Crippen molar-refractivity contribution in [2.45, 2.75) is 162 Å². The average Bonchev–Trinajstić information content (AvgIpc) is 2.80. The topological polar surface area (TPSA) is 40.5 Å². The third kappa shape index (κ3) is 13.5. The van der Waals surface area contributed by atoms with Crippen LogP contribution in [0.5, 0.6) is 5.75 Å². The standard InChI is InChI=1S/C33H59NO2S/c1-8-9-10-11-12-13-14-15-16-17-18-19-20-21-22-23-24-34(31(36)37)27-25-28(32(2,3)4)30(35)29(26-27)33(5,6)7/h25-26,35H,8-24H2,1-7H3,(H,36,37). The van der Waals surface area contributed by atoms with Gasteiger partial charge in [-0.25, -0.2) is 0 Å². The van der Waals surface area contributed by atoms with Crippen LogP contribution in [-0.4, -0.2) is 16.9 Å². The van der Waals surface area contributed by atoms with E-state index in [1.54, 1.807) is 4.90 Å². The SMILES string of the molecule is CCCCCCCCCCCCCCCCCCN(C(=O)S)c1cc(C(C)(C)C)c(O)c(C(C)(C)C)c1. The highest BCUT2D eigenvalue weighted by molar-refractivity contribution is 7.96. The first kappa shape index (κ1) is 33.9. The fraction of sp³-hybridized carbons (Fsp3) is 0.788. The molecule has 0 aliphatic heterocycles. The first-order chi connectivity index (χ1) is 17.4. The highest BCUT2D eigenvalue weighted by Gasteiger charge is 2.28. The minimum absolute atomic E-state index is 0.223. The summed E-state index contributed by atoms with van der Waals surface area (Å²) < 4.78 is 0. The van der Waals surface area contributed by atoms with Gasteiger partial charge in [-0.05, 0) is 29.4 Å². The molecule has 4 heteroatoms. The largest absolute Gasteiger partial charge is 0.507 e. The minimum atomic E-state index is -0.230. The van der Waals surface area contributed by atoms with Gasteiger partial charge in [0.1, 0.15) is 5.75 Å². The maximum Gasteiger partial charge on any atom is 0.282 e. The van der Waals surface area contributed by atoms with E-state index >= 15 is 0 Å². The smallest absolute Gasteiger partial charge is 0.282 e. The molecule has 214 valence electrons. The van der Waals surface area contributed by atoms with E-state index in [9.17, 15) is 9.90 Å². The number of thiol groups is 1. The molecule has 0 aromatic heterocycles. The summed E-state index contributed by atoms with van der Waals surface area (Å²) in [7, 11) is 0. The lowest BCUT2D eigenvalue weighted by atomic mass is 9.79. The van der Waals surface area contributed by atoms with Crippen molar-refractivity contribution >= 4 is 23.6 Å². The maximum atomic E-state index is 12.5. The Hall–Kier alpha value is -1.16. The van der Waals surface area contributed by atoms with E-state index < -0.39 is 0 Å². The van der Waals surface area contributed by atoms with Crippen LogP contribution < -0.4 is 4.90 Å². The number of phenolic OH excluding ortho intramolecular Hbond substituents is 1. The van der Waals surface area contributed by atoms with Crippen molar-refractivity contribution in [2.75, 3.05) is 11.4 Å². The molecule has 1 N–H and O–H groups in total. The third-order valence-electron chi connectivity index (χ3n) is 7.49. The van der Waals surface area contributed by atoms with Crippen LogP contribution in [0.4, 0.5) is 10.5 Å². The Bertz CT molecular complexity index is 741. The molecule has 3 nitrogen and oxygen atoms in total. The van der Waals surface area contributed by atoms with Gasteiger partial charge < -0.3 is 10.0 Å². The molecule has 0 radical (unpaired) electrons. The predicted octanol–water partition coefficient (Wildman–Crippen LogP) is 11.1. The maximum absolute atomic E-state index is 12.5. The van der Waals surface area contributed by atoms with Gasteiger partial charge in [0.15, 0.2) is 0 Å². The number of nitrogens with zero attached hydrogens (tertiary/aromatic N) is 1. The molecule has 1 aromatic rings. The fourth-order valence-electron chi connectivity index (χ4n) is 5.07. The lowest BCUT2D eigenvalue weighted by Crippen LogP contribution is -2.28. The zero-order valence-corrected chi connectivity index (χ0v) is 26.3. The van der Waals surface area contributed by atoms with Crippen LogP contribution in [0.15, 0.2) is 12.1 Å². The van der Waals surface area contributed by atoms with Crippen molar-refractivity contribution in [1.82, 2.24) is 0 Å². The van der Waals surface area contributed by atoms with Crippen molar-refractivity contribution < 1.29 is 9.90 Å². The van der Waals surface area contributed by atoms with Gasteiger partial charge in [0.2, 0.25) is 0 Å². The van der Waals surface area contributed by atoms with Gasteiger partial charge in [0.25, 0.3) is 5.24 Å². The van der Waals surface area contributed by atoms with Crippen molar-refractivity contribution in [3.63, 3.8) is 0 Å². The minimum Gasteiger partial charge on any atom is -0.507 e. The summed E-state index contributed by atoms with van der Waals surface area (Å²) in [5.74, 6) is 0.345. The molecule has 0 unspecified atom stereocenters. The molecule has 0 saturated carbocycles. The summed E-state index contributed by atoms with van der Waals surface area (Å²) in [6.45, 7) is 15.5. The van der Waals surface area contributed by atoms with Crippen molar-refractivity contribution in [2.24, 2.45) is 0 Å². The second-order valence-corrected chi connectivity index (χ2v) is 13.5. The summed E-state index contributed by atoms with van der Waals surface area (Å²) >= 11 is 4.20. The number of carbonyl (C=O) groups excluding carboxylic acids is 1. The molecule has 1 aromatic carbocycles. The molecular formula is C33H59NO2S. The molecular weight excluding hydrogens is 474 g/mol. The van der Waals surface area contributed by atoms with Crippen LogP contribution in [0.2, 0.25) is 0 Å². The molecule has 37 heavy (non-hydrogen) atoms. The number of anilines is 1. The van der Waals surface area contributed by atoms with E-state index in [0.29, 0.717) is 12.3 Å². The summed E-state index contributed by atoms with van der Waals surface area (Å²) in [6.07, 6.45) is 21.4. The van der Waals surface area contributed by atoms with E-state index in [4.69, 9.17) is 0 Å². The van der Waals surface area contributed by atoms with E-state index in [1.807, 2.05) is 12.1 Å². The number of rotatable bonds is 18. The summed E-state index contributed by atoms with van der Waals surface area (Å²) in [5.41, 5.74) is 2.15. The molecule has 0 aliphatic carbocycles. The van der Waals surface area contributed by atoms with Gasteiger partial charge in [0.05, 0.1) is 0 Å². The Balaban J connectivity index is 2.40. The number of hydrogen-bond acceptors (Lipinski definition) is 2. The van der Waals surface area contributed by atoms with Crippen LogP contribution in [0.1, 0.15) is 162 Å². The quantitative estimate of drug-likeness (QED) is 0.145. The van der Waals surface area contributed by atoms with Crippen molar-refractivity contribution in [3.05, 3.63) is 23.3 Å². The first-order valence-corrected chi connectivity index (χ1v) is 15.7. The van der Waals surface area contributed by atoms with Crippen molar-refractivity contribution in [1.29, 1.82) is 0 Å². The number of hydrogen-bond donors (Lipinski definition) is 2. The van der Waals surface area contributed by atoms with Crippen LogP contribution in [-0.2, 0) is 10.8 Å². The van der Waals surface area contributed by atoms with Gasteiger partial charge in [0, 0.05) is 23.4 Å². The van der Waals surface area contributed by atoms with E-state index in [0.717, 1.165) is 29.7 Å². The van der Waals surface area contributed by atoms with E-state index in [2.05, 4.69) is 61.1 Å². The zero-order valence-electron chi connectivity index (χ0n) is 25.4. The van der Waals surface area contributed by atoms with Gasteiger partial charge in [-0.2, -0.15) is 0 Å². The number of amides is 1. The average molecular weight is 534 g/mol. The fourth-order valence-corrected chi connectivity index (χ4v) is 5.29. The first-order valence-electron chi connectivity index (χ1n) is 15.3. The Labute approximate surface area is 235 Å². The number of aromatic hydroxyl groups is 1. The molecule has 0 fully saturated rings. The van der Waals surface area contributed by atoms with Crippen LogP contribution in [0.3, 0.4) is 0 Å². The van der Waals surface area contributed by atoms with Crippen LogP contribution in [0, 0.1) is 0 Å². The molecule has 0 atom stereocenters. The summed E-state index contributed by atoms with van der Waals surface area (Å²) in [5, 5.41) is 10.8. The van der Waals surface area contributed by atoms with Crippen molar-refractivity contribution in [3.8, 4) is 5.75 Å². The van der Waals surface area contributed by atoms with E-state index in [1.165, 1.54) is 89.9 Å². The lowest BCUT2D eigenvalue weighted by molar-refractivity contribution is 0.265. The van der Waals surface area contributed by atoms with Gasteiger partial charge >= 0.3 is 0 Å². The van der Waals surface area contributed by atoms with Gasteiger partial charge in [-0.15, -0.1) is 0 Å². The number of benzene rings is 1. The molecule has 1 amide bonds. The Morgan fingerprint density at radius 2 is 1.00 bits per heavy atom. The van der Waals surface area contributed by atoms with Gasteiger partial charge in [-0.3, -0.25) is 4.79 Å². The normalized spacial score (nSPS) is 12.2. The van der Waals surface area contributed by atoms with Crippen LogP contribution in [0.25, 0.3) is 0 Å². The van der Waals surface area contributed by atoms with E-state index in [-0.39, 0.29) is 16.1 Å². The predicted molar refractivity (Wildman–Crippen MR) is 167 cm³/mol. The van der Waals surface area contributed by atoms with Gasteiger partial charge in [-0.1, -0.05) is 157 Å². The second-order valence-electron chi connectivity index (χ2n) is 13.1. The third-order valence-corrected chi connectivity index (χ3v) is 7.73. The molecule has 0 spiro atoms. The highest BCUT2D eigenvalue weighted by atomic mass is 32.1. The molecule has 0 aliphatic rings. The monoisotopic (exact) mass is 533 g/mol. The molecule has 0 saturated heterocycles. The summed E-state index contributed by atoms with van der Waals surface area (Å²) in [6, 6.07) is 3.95.